The molecular weight excluding hydrogens is 342 g/mol. The maximum Gasteiger partial charge on any atom is 0.222 e. The number of hydrogen-bond donors (Lipinski definition) is 2. The van der Waals surface area contributed by atoms with Gasteiger partial charge in [-0.2, -0.15) is 0 Å². The molecule has 0 bridgehead atoms. The van der Waals surface area contributed by atoms with Crippen molar-refractivity contribution in [3.05, 3.63) is 0 Å². The van der Waals surface area contributed by atoms with E-state index in [9.17, 15) is 4.79 Å². The van der Waals surface area contributed by atoms with Crippen molar-refractivity contribution in [2.45, 2.75) is 46.0 Å². The zero-order valence-corrected chi connectivity index (χ0v) is 17.3. The van der Waals surface area contributed by atoms with Crippen molar-refractivity contribution < 1.29 is 9.53 Å². The van der Waals surface area contributed by atoms with Gasteiger partial charge in [0.15, 0.2) is 5.96 Å². The van der Waals surface area contributed by atoms with Crippen LogP contribution in [0.2, 0.25) is 0 Å². The molecule has 2 fully saturated rings. The number of nitrogens with zero attached hydrogens (tertiary/aromatic N) is 3. The van der Waals surface area contributed by atoms with E-state index in [0.29, 0.717) is 11.8 Å². The highest BCUT2D eigenvalue weighted by Crippen LogP contribution is 2.11. The van der Waals surface area contributed by atoms with Gasteiger partial charge in [-0.05, 0) is 32.1 Å². The summed E-state index contributed by atoms with van der Waals surface area (Å²) in [6.45, 7) is 13.5. The Morgan fingerprint density at radius 3 is 2.78 bits per heavy atom. The zero-order chi connectivity index (χ0) is 19.3. The molecule has 27 heavy (non-hydrogen) atoms. The predicted molar refractivity (Wildman–Crippen MR) is 110 cm³/mol. The first-order chi connectivity index (χ1) is 13.2. The van der Waals surface area contributed by atoms with Gasteiger partial charge in [-0.1, -0.05) is 13.3 Å². The van der Waals surface area contributed by atoms with Gasteiger partial charge in [-0.15, -0.1) is 0 Å². The summed E-state index contributed by atoms with van der Waals surface area (Å²) in [5, 5.41) is 6.74. The Morgan fingerprint density at radius 2 is 2.00 bits per heavy atom. The smallest absolute Gasteiger partial charge is 0.222 e. The van der Waals surface area contributed by atoms with Crippen LogP contribution in [0, 0.1) is 5.92 Å². The number of carbonyl (C=O) groups excluding carboxylic acids is 1. The standard InChI is InChI=1S/C20H39N5O2/c1-3-21-20(23-16-18(2)17-24-12-14-27-15-13-24)22-9-7-11-25-10-6-4-5-8-19(25)26/h18H,3-17H2,1-2H3,(H2,21,22,23). The number of aliphatic imine (C=N–C) groups is 1. The highest BCUT2D eigenvalue weighted by molar-refractivity contribution is 5.79. The number of carbonyl (C=O) groups is 1. The lowest BCUT2D eigenvalue weighted by molar-refractivity contribution is -0.130. The van der Waals surface area contributed by atoms with Crippen LogP contribution < -0.4 is 10.6 Å². The van der Waals surface area contributed by atoms with Crippen LogP contribution in [0.3, 0.4) is 0 Å². The number of morpholine rings is 1. The van der Waals surface area contributed by atoms with Gasteiger partial charge in [0.25, 0.3) is 0 Å². The first-order valence-electron chi connectivity index (χ1n) is 10.8. The summed E-state index contributed by atoms with van der Waals surface area (Å²) in [6, 6.07) is 0. The second-order valence-electron chi connectivity index (χ2n) is 7.71. The summed E-state index contributed by atoms with van der Waals surface area (Å²) in [5.41, 5.74) is 0. The van der Waals surface area contributed by atoms with Gasteiger partial charge in [0.2, 0.25) is 5.91 Å². The molecule has 0 aliphatic carbocycles. The summed E-state index contributed by atoms with van der Waals surface area (Å²) in [5.74, 6) is 1.73. The highest BCUT2D eigenvalue weighted by atomic mass is 16.5. The minimum Gasteiger partial charge on any atom is -0.379 e. The number of amides is 1. The fraction of sp³-hybridized carbons (Fsp3) is 0.900. The van der Waals surface area contributed by atoms with Crippen LogP contribution in [0.5, 0.6) is 0 Å². The van der Waals surface area contributed by atoms with E-state index in [0.717, 1.165) is 97.2 Å². The Bertz CT molecular complexity index is 452. The molecule has 0 spiro atoms. The minimum absolute atomic E-state index is 0.324. The molecule has 0 aromatic rings. The fourth-order valence-corrected chi connectivity index (χ4v) is 3.62. The molecule has 0 aromatic heterocycles. The Morgan fingerprint density at radius 1 is 1.19 bits per heavy atom. The molecule has 7 heteroatoms. The minimum atomic E-state index is 0.324. The molecule has 2 aliphatic heterocycles. The van der Waals surface area contributed by atoms with Crippen LogP contribution in [-0.4, -0.2) is 87.2 Å². The van der Waals surface area contributed by atoms with E-state index >= 15 is 0 Å². The van der Waals surface area contributed by atoms with Crippen LogP contribution in [0.15, 0.2) is 4.99 Å². The van der Waals surface area contributed by atoms with Crippen molar-refractivity contribution in [3.8, 4) is 0 Å². The van der Waals surface area contributed by atoms with Crippen LogP contribution in [0.4, 0.5) is 0 Å². The molecule has 2 N–H and O–H groups in total. The van der Waals surface area contributed by atoms with Gasteiger partial charge >= 0.3 is 0 Å². The van der Waals surface area contributed by atoms with E-state index in [2.05, 4.69) is 29.4 Å². The molecule has 0 aromatic carbocycles. The molecule has 1 unspecified atom stereocenters. The van der Waals surface area contributed by atoms with Crippen molar-refractivity contribution in [2.24, 2.45) is 10.9 Å². The zero-order valence-electron chi connectivity index (χ0n) is 17.3. The largest absolute Gasteiger partial charge is 0.379 e. The summed E-state index contributed by atoms with van der Waals surface area (Å²) in [6.07, 6.45) is 5.05. The molecular formula is C20H39N5O2. The number of hydrogen-bond acceptors (Lipinski definition) is 4. The summed E-state index contributed by atoms with van der Waals surface area (Å²) >= 11 is 0. The molecule has 1 atom stereocenters. The van der Waals surface area contributed by atoms with Crippen molar-refractivity contribution in [2.75, 3.05) is 65.6 Å². The van der Waals surface area contributed by atoms with Crippen molar-refractivity contribution in [1.29, 1.82) is 0 Å². The lowest BCUT2D eigenvalue weighted by Crippen LogP contribution is -2.41. The summed E-state index contributed by atoms with van der Waals surface area (Å²) < 4.78 is 5.41. The van der Waals surface area contributed by atoms with E-state index in [1.165, 1.54) is 6.42 Å². The van der Waals surface area contributed by atoms with Crippen molar-refractivity contribution in [3.63, 3.8) is 0 Å². The molecule has 0 saturated carbocycles. The SMILES string of the molecule is CCNC(=NCC(C)CN1CCOCC1)NCCCN1CCCCCC1=O. The average Bonchev–Trinajstić information content (AvgIpc) is 2.88. The number of ether oxygens (including phenoxy) is 1. The summed E-state index contributed by atoms with van der Waals surface area (Å²) in [7, 11) is 0. The number of likely N-dealkylation sites (tertiary alicyclic amines) is 1. The molecule has 2 saturated heterocycles. The average molecular weight is 382 g/mol. The van der Waals surface area contributed by atoms with Gasteiger partial charge in [-0.25, -0.2) is 0 Å². The number of rotatable bonds is 9. The van der Waals surface area contributed by atoms with Gasteiger partial charge in [0.1, 0.15) is 0 Å². The van der Waals surface area contributed by atoms with E-state index < -0.39 is 0 Å². The Labute approximate surface area is 164 Å². The molecule has 156 valence electrons. The van der Waals surface area contributed by atoms with Gasteiger partial charge in [-0.3, -0.25) is 14.7 Å². The summed E-state index contributed by atoms with van der Waals surface area (Å²) in [4.78, 5) is 21.3. The second kappa shape index (κ2) is 12.9. The third-order valence-corrected chi connectivity index (χ3v) is 5.15. The number of guanidine groups is 1. The first-order valence-corrected chi connectivity index (χ1v) is 10.8. The van der Waals surface area contributed by atoms with Gasteiger partial charge < -0.3 is 20.3 Å². The first kappa shape index (κ1) is 22.0. The Hall–Kier alpha value is -1.34. The lowest BCUT2D eigenvalue weighted by Gasteiger charge is -2.28. The number of nitrogens with one attached hydrogen (secondary N) is 2. The van der Waals surface area contributed by atoms with Crippen LogP contribution in [0.25, 0.3) is 0 Å². The molecule has 2 rings (SSSR count). The van der Waals surface area contributed by atoms with Crippen LogP contribution >= 0.6 is 0 Å². The topological polar surface area (TPSA) is 69.2 Å². The molecule has 1 amide bonds. The van der Waals surface area contributed by atoms with E-state index in [1.54, 1.807) is 0 Å². The van der Waals surface area contributed by atoms with Gasteiger partial charge in [0, 0.05) is 58.8 Å². The normalized spacial score (nSPS) is 21.0. The molecule has 2 aliphatic rings. The molecule has 2 heterocycles. The van der Waals surface area contributed by atoms with Crippen LogP contribution in [0.1, 0.15) is 46.0 Å². The Balaban J connectivity index is 1.66. The highest BCUT2D eigenvalue weighted by Gasteiger charge is 2.16. The van der Waals surface area contributed by atoms with Crippen molar-refractivity contribution in [1.82, 2.24) is 20.4 Å². The Kier molecular flexibility index (Phi) is 10.5. The van der Waals surface area contributed by atoms with Crippen molar-refractivity contribution >= 4 is 11.9 Å². The second-order valence-corrected chi connectivity index (χ2v) is 7.71. The third-order valence-electron chi connectivity index (χ3n) is 5.15. The predicted octanol–water partition coefficient (Wildman–Crippen LogP) is 1.30. The molecule has 7 nitrogen and oxygen atoms in total. The maximum atomic E-state index is 12.0. The van der Waals surface area contributed by atoms with E-state index in [4.69, 9.17) is 9.73 Å². The third kappa shape index (κ3) is 8.93. The quantitative estimate of drug-likeness (QED) is 0.358. The van der Waals surface area contributed by atoms with Gasteiger partial charge in [0.05, 0.1) is 13.2 Å². The van der Waals surface area contributed by atoms with E-state index in [1.807, 2.05) is 4.90 Å². The maximum absolute atomic E-state index is 12.0. The molecule has 0 radical (unpaired) electrons. The van der Waals surface area contributed by atoms with Crippen LogP contribution in [-0.2, 0) is 9.53 Å². The van der Waals surface area contributed by atoms with E-state index in [-0.39, 0.29) is 0 Å². The monoisotopic (exact) mass is 381 g/mol. The fourth-order valence-electron chi connectivity index (χ4n) is 3.62. The lowest BCUT2D eigenvalue weighted by atomic mass is 10.1.